The fourth-order valence-corrected chi connectivity index (χ4v) is 10.1. The summed E-state index contributed by atoms with van der Waals surface area (Å²) in [5.74, 6) is -2.01. The van der Waals surface area contributed by atoms with E-state index in [1.807, 2.05) is 70.2 Å². The molecule has 3 heterocycles. The highest BCUT2D eigenvalue weighted by atomic mass is 16.5. The highest BCUT2D eigenvalue weighted by molar-refractivity contribution is 5.98. The average molecular weight is 912 g/mol. The highest BCUT2D eigenvalue weighted by Crippen LogP contribution is 2.47. The molecule has 0 radical (unpaired) electrons. The predicted molar refractivity (Wildman–Crippen MR) is 258 cm³/mol. The third-order valence-corrected chi connectivity index (χ3v) is 13.8. The summed E-state index contributed by atoms with van der Waals surface area (Å²) in [5, 5.41) is 5.72. The van der Waals surface area contributed by atoms with Crippen molar-refractivity contribution in [1.82, 2.24) is 15.1 Å². The number of nitrogens with one attached hydrogen (secondary N) is 2. The number of ether oxygens (including phenoxy) is 2. The second-order valence-electron chi connectivity index (χ2n) is 18.8. The van der Waals surface area contributed by atoms with Gasteiger partial charge in [-0.15, -0.1) is 0 Å². The van der Waals surface area contributed by atoms with Gasteiger partial charge >= 0.3 is 12.1 Å². The molecule has 0 spiro atoms. The Labute approximate surface area is 394 Å². The number of anilines is 2. The highest BCUT2D eigenvalue weighted by Gasteiger charge is 2.41. The number of benzene rings is 4. The first-order chi connectivity index (χ1) is 32.3. The maximum absolute atomic E-state index is 13.8. The molecule has 6 atom stereocenters. The van der Waals surface area contributed by atoms with Crippen molar-refractivity contribution in [2.45, 2.75) is 109 Å². The lowest BCUT2D eigenvalue weighted by Crippen LogP contribution is -2.53. The standard InChI is InChI=1S/C54H65N5O8/c1-34(2)43(33-49(61)66-5)52(63)58-31-11-15-47(58)51(62)55-41-24-20-40(21-25-41)45-29-28-44(59(45)42-26-22-38(23-27-42)37-12-8-7-9-13-37)39-18-16-36(17-19-39)32-48(60)46-14-10-30-57(46)53(64)50(35(3)4)56-54(65)67-6/h7-9,12-13,16-27,34-35,43-47,50H,10-11,14-15,28-33H2,1-6H3,(H,55,62)(H,56,65)/t43-,44?,45?,46-,47-,50-/m0/s1. The summed E-state index contributed by atoms with van der Waals surface area (Å²) in [7, 11) is 2.58. The van der Waals surface area contributed by atoms with Crippen molar-refractivity contribution < 1.29 is 38.2 Å². The molecule has 0 aliphatic carbocycles. The first kappa shape index (κ1) is 48.4. The molecule has 4 amide bonds. The van der Waals surface area contributed by atoms with E-state index in [1.165, 1.54) is 14.2 Å². The number of esters is 1. The van der Waals surface area contributed by atoms with Crippen molar-refractivity contribution in [3.63, 3.8) is 0 Å². The third kappa shape index (κ3) is 11.2. The number of hydrogen-bond acceptors (Lipinski definition) is 9. The molecule has 3 fully saturated rings. The Bertz CT molecular complexity index is 2240. The van der Waals surface area contributed by atoms with Crippen molar-refractivity contribution in [2.24, 2.45) is 17.8 Å². The molecule has 2 unspecified atom stereocenters. The van der Waals surface area contributed by atoms with Crippen LogP contribution in [-0.2, 0) is 39.9 Å². The molecule has 3 saturated heterocycles. The van der Waals surface area contributed by atoms with Crippen LogP contribution in [0.2, 0.25) is 0 Å². The van der Waals surface area contributed by atoms with Crippen molar-refractivity contribution in [2.75, 3.05) is 37.5 Å². The number of carbonyl (C=O) groups excluding carboxylic acids is 6. The number of Topliss-reactive ketones (excluding diaryl/α,β-unsaturated/α-hetero) is 1. The third-order valence-electron chi connectivity index (χ3n) is 13.8. The second-order valence-corrected chi connectivity index (χ2v) is 18.8. The van der Waals surface area contributed by atoms with Gasteiger partial charge < -0.3 is 34.8 Å². The van der Waals surface area contributed by atoms with Crippen LogP contribution in [0.5, 0.6) is 0 Å². The molecule has 0 aromatic heterocycles. The molecule has 354 valence electrons. The predicted octanol–water partition coefficient (Wildman–Crippen LogP) is 8.68. The number of methoxy groups -OCH3 is 2. The van der Waals surface area contributed by atoms with Crippen LogP contribution in [0.1, 0.15) is 101 Å². The van der Waals surface area contributed by atoms with Gasteiger partial charge in [0.2, 0.25) is 17.7 Å². The van der Waals surface area contributed by atoms with Crippen molar-refractivity contribution >= 4 is 46.9 Å². The Balaban J connectivity index is 1.07. The Kier molecular flexibility index (Phi) is 15.8. The lowest BCUT2D eigenvalue weighted by atomic mass is 9.90. The lowest BCUT2D eigenvalue weighted by Gasteiger charge is -2.34. The normalized spacial score (nSPS) is 20.1. The van der Waals surface area contributed by atoms with Crippen LogP contribution in [0.4, 0.5) is 16.2 Å². The number of carbonyl (C=O) groups is 6. The molecule has 4 aromatic rings. The van der Waals surface area contributed by atoms with Gasteiger partial charge in [0.15, 0.2) is 5.78 Å². The molecule has 7 rings (SSSR count). The van der Waals surface area contributed by atoms with Crippen LogP contribution in [0, 0.1) is 17.8 Å². The van der Waals surface area contributed by atoms with E-state index in [-0.39, 0.29) is 60.3 Å². The molecule has 2 N–H and O–H groups in total. The number of hydrogen-bond donors (Lipinski definition) is 2. The summed E-state index contributed by atoms with van der Waals surface area (Å²) >= 11 is 0. The van der Waals surface area contributed by atoms with Gasteiger partial charge in [-0.1, -0.05) is 107 Å². The molecule has 13 nitrogen and oxygen atoms in total. The number of nitrogens with zero attached hydrogens (tertiary/aromatic N) is 3. The number of alkyl carbamates (subject to hydrolysis) is 1. The molecular formula is C54H65N5O8. The van der Waals surface area contributed by atoms with Gasteiger partial charge in [0.25, 0.3) is 0 Å². The van der Waals surface area contributed by atoms with E-state index in [9.17, 15) is 28.8 Å². The van der Waals surface area contributed by atoms with Gasteiger partial charge in [-0.25, -0.2) is 4.79 Å². The maximum Gasteiger partial charge on any atom is 0.407 e. The minimum atomic E-state index is -0.789. The van der Waals surface area contributed by atoms with Gasteiger partial charge in [0.1, 0.15) is 12.1 Å². The Morgan fingerprint density at radius 3 is 1.76 bits per heavy atom. The summed E-state index contributed by atoms with van der Waals surface area (Å²) in [4.78, 5) is 84.8. The zero-order chi connectivity index (χ0) is 47.8. The second kappa shape index (κ2) is 21.9. The van der Waals surface area contributed by atoms with Gasteiger partial charge in [0, 0.05) is 30.9 Å². The van der Waals surface area contributed by atoms with Crippen LogP contribution in [0.3, 0.4) is 0 Å². The van der Waals surface area contributed by atoms with Gasteiger partial charge in [-0.3, -0.25) is 24.0 Å². The zero-order valence-corrected chi connectivity index (χ0v) is 39.6. The fourth-order valence-electron chi connectivity index (χ4n) is 10.1. The minimum Gasteiger partial charge on any atom is -0.469 e. The number of rotatable bonds is 16. The fraction of sp³-hybridized carbons (Fsp3) is 0.444. The minimum absolute atomic E-state index is 0.0224. The lowest BCUT2D eigenvalue weighted by molar-refractivity contribution is -0.149. The van der Waals surface area contributed by atoms with E-state index in [4.69, 9.17) is 9.47 Å². The Hall–Kier alpha value is -6.50. The molecule has 0 bridgehead atoms. The van der Waals surface area contributed by atoms with Crippen LogP contribution < -0.4 is 15.5 Å². The van der Waals surface area contributed by atoms with Crippen LogP contribution in [0.15, 0.2) is 103 Å². The summed E-state index contributed by atoms with van der Waals surface area (Å²) in [6, 6.07) is 33.3. The molecule has 0 saturated carbocycles. The molecule has 4 aromatic carbocycles. The van der Waals surface area contributed by atoms with E-state index in [1.54, 1.807) is 9.80 Å². The Morgan fingerprint density at radius 2 is 1.19 bits per heavy atom. The largest absolute Gasteiger partial charge is 0.469 e. The molecule has 67 heavy (non-hydrogen) atoms. The molecule has 13 heteroatoms. The van der Waals surface area contributed by atoms with E-state index < -0.39 is 36.1 Å². The van der Waals surface area contributed by atoms with E-state index in [0.717, 1.165) is 46.3 Å². The van der Waals surface area contributed by atoms with Gasteiger partial charge in [-0.2, -0.15) is 0 Å². The number of amides is 4. The van der Waals surface area contributed by atoms with Crippen LogP contribution in [0.25, 0.3) is 11.1 Å². The maximum atomic E-state index is 13.8. The number of ketones is 1. The van der Waals surface area contributed by atoms with Crippen molar-refractivity contribution in [3.8, 4) is 11.1 Å². The van der Waals surface area contributed by atoms with Crippen molar-refractivity contribution in [3.05, 3.63) is 120 Å². The van der Waals surface area contributed by atoms with E-state index in [0.29, 0.717) is 44.5 Å². The summed E-state index contributed by atoms with van der Waals surface area (Å²) in [6.07, 6.45) is 3.81. The topological polar surface area (TPSA) is 155 Å². The summed E-state index contributed by atoms with van der Waals surface area (Å²) < 4.78 is 9.62. The molecule has 3 aliphatic rings. The monoisotopic (exact) mass is 911 g/mol. The van der Waals surface area contributed by atoms with E-state index in [2.05, 4.69) is 76.2 Å². The SMILES string of the molecule is COC(=O)C[C@H](C(=O)N1CCC[C@H]1C(=O)Nc1ccc(C2CCC(c3ccc(CC(=O)[C@@H]4CCCN4C(=O)[C@@H](NC(=O)OC)C(C)C)cc3)N2c2ccc(-c3ccccc3)cc2)cc1)C(C)C. The van der Waals surface area contributed by atoms with Crippen LogP contribution in [-0.4, -0.2) is 90.8 Å². The number of likely N-dealkylation sites (tertiary alicyclic amines) is 2. The molecule has 3 aliphatic heterocycles. The van der Waals surface area contributed by atoms with Crippen LogP contribution >= 0.6 is 0 Å². The van der Waals surface area contributed by atoms with Gasteiger partial charge in [0.05, 0.1) is 44.7 Å². The first-order valence-corrected chi connectivity index (χ1v) is 23.8. The van der Waals surface area contributed by atoms with Crippen molar-refractivity contribution in [1.29, 1.82) is 0 Å². The Morgan fingerprint density at radius 1 is 0.627 bits per heavy atom. The van der Waals surface area contributed by atoms with Gasteiger partial charge in [-0.05, 0) is 102 Å². The summed E-state index contributed by atoms with van der Waals surface area (Å²) in [5.41, 5.74) is 7.09. The zero-order valence-electron chi connectivity index (χ0n) is 39.6. The average Bonchev–Trinajstić information content (AvgIpc) is 4.14. The molecular weight excluding hydrogens is 847 g/mol. The quantitative estimate of drug-likeness (QED) is 0.105. The summed E-state index contributed by atoms with van der Waals surface area (Å²) in [6.45, 7) is 8.45. The smallest absolute Gasteiger partial charge is 0.407 e. The first-order valence-electron chi connectivity index (χ1n) is 23.8. The van der Waals surface area contributed by atoms with E-state index >= 15 is 0 Å².